The van der Waals surface area contributed by atoms with Gasteiger partial charge in [-0.1, -0.05) is 15.9 Å². The number of nitrogens with one attached hydrogen (secondary N) is 1. The zero-order chi connectivity index (χ0) is 14.8. The number of ketones is 1. The molecular weight excluding hydrogens is 349 g/mol. The summed E-state index contributed by atoms with van der Waals surface area (Å²) in [6.45, 7) is 0.381. The Balaban J connectivity index is 1.95. The van der Waals surface area contributed by atoms with Crippen LogP contribution in [0.2, 0.25) is 0 Å². The lowest BCUT2D eigenvalue weighted by Crippen LogP contribution is -2.46. The number of Topliss-reactive ketones (excluding diaryl/α,β-unsaturated/α-hetero) is 1. The molecule has 1 atom stereocenters. The van der Waals surface area contributed by atoms with Gasteiger partial charge >= 0.3 is 0 Å². The molecule has 0 amide bonds. The lowest BCUT2D eigenvalue weighted by Gasteiger charge is -2.23. The first-order valence-corrected chi connectivity index (χ1v) is 8.86. The third kappa shape index (κ3) is 4.64. The number of rotatable bonds is 4. The van der Waals surface area contributed by atoms with E-state index in [1.807, 2.05) is 0 Å². The maximum Gasteiger partial charge on any atom is 0.153 e. The molecule has 1 aromatic carbocycles. The fourth-order valence-electron chi connectivity index (χ4n) is 2.29. The van der Waals surface area contributed by atoms with Crippen LogP contribution in [0.3, 0.4) is 0 Å². The van der Waals surface area contributed by atoms with Crippen molar-refractivity contribution in [2.45, 2.75) is 18.9 Å². The number of halogens is 2. The molecule has 20 heavy (non-hydrogen) atoms. The Morgan fingerprint density at radius 2 is 2.15 bits per heavy atom. The maximum atomic E-state index is 13.2. The van der Waals surface area contributed by atoms with Gasteiger partial charge in [0.1, 0.15) is 11.6 Å². The van der Waals surface area contributed by atoms with Gasteiger partial charge < -0.3 is 5.32 Å². The SMILES string of the molecule is O=C(Cc1cc(F)cc(Br)c1)CC1CS(=O)(=O)CCN1. The topological polar surface area (TPSA) is 63.2 Å². The van der Waals surface area contributed by atoms with Crippen LogP contribution in [0.25, 0.3) is 0 Å². The van der Waals surface area contributed by atoms with Crippen LogP contribution in [-0.4, -0.2) is 38.3 Å². The summed E-state index contributed by atoms with van der Waals surface area (Å²) in [5.74, 6) is -0.391. The third-order valence-electron chi connectivity index (χ3n) is 3.10. The molecule has 1 unspecified atom stereocenters. The van der Waals surface area contributed by atoms with E-state index in [0.717, 1.165) is 0 Å². The van der Waals surface area contributed by atoms with Crippen molar-refractivity contribution in [3.8, 4) is 0 Å². The van der Waals surface area contributed by atoms with Crippen molar-refractivity contribution in [3.63, 3.8) is 0 Å². The van der Waals surface area contributed by atoms with Crippen LogP contribution in [0.1, 0.15) is 12.0 Å². The average Bonchev–Trinajstić information content (AvgIpc) is 2.25. The quantitative estimate of drug-likeness (QED) is 0.879. The molecule has 0 aromatic heterocycles. The first kappa shape index (κ1) is 15.6. The van der Waals surface area contributed by atoms with Crippen molar-refractivity contribution in [2.24, 2.45) is 0 Å². The number of carbonyl (C=O) groups is 1. The van der Waals surface area contributed by atoms with E-state index in [4.69, 9.17) is 0 Å². The highest BCUT2D eigenvalue weighted by Gasteiger charge is 2.25. The number of benzene rings is 1. The lowest BCUT2D eigenvalue weighted by atomic mass is 10.0. The zero-order valence-electron chi connectivity index (χ0n) is 10.7. The van der Waals surface area contributed by atoms with E-state index >= 15 is 0 Å². The third-order valence-corrected chi connectivity index (χ3v) is 5.29. The standard InChI is InChI=1S/C13H15BrFNO3S/c14-10-3-9(4-11(15)6-10)5-13(17)7-12-8-20(18,19)2-1-16-12/h3-4,6,12,16H,1-2,5,7-8H2. The van der Waals surface area contributed by atoms with Crippen LogP contribution in [0.5, 0.6) is 0 Å². The van der Waals surface area contributed by atoms with Crippen molar-refractivity contribution < 1.29 is 17.6 Å². The van der Waals surface area contributed by atoms with Crippen LogP contribution in [-0.2, 0) is 21.1 Å². The van der Waals surface area contributed by atoms with Gasteiger partial charge in [0.15, 0.2) is 9.84 Å². The monoisotopic (exact) mass is 363 g/mol. The first-order chi connectivity index (χ1) is 9.34. The van der Waals surface area contributed by atoms with Crippen molar-refractivity contribution in [2.75, 3.05) is 18.1 Å². The number of hydrogen-bond donors (Lipinski definition) is 1. The fraction of sp³-hybridized carbons (Fsp3) is 0.462. The van der Waals surface area contributed by atoms with Gasteiger partial charge in [0.25, 0.3) is 0 Å². The fourth-order valence-corrected chi connectivity index (χ4v) is 4.24. The van der Waals surface area contributed by atoms with E-state index in [1.165, 1.54) is 12.1 Å². The summed E-state index contributed by atoms with van der Waals surface area (Å²) in [6.07, 6.45) is 0.252. The molecule has 110 valence electrons. The van der Waals surface area contributed by atoms with E-state index in [1.54, 1.807) is 6.07 Å². The summed E-state index contributed by atoms with van der Waals surface area (Å²) in [6, 6.07) is 3.99. The summed E-state index contributed by atoms with van der Waals surface area (Å²) in [5.41, 5.74) is 0.584. The van der Waals surface area contributed by atoms with E-state index < -0.39 is 15.7 Å². The van der Waals surface area contributed by atoms with Gasteiger partial charge in [0.2, 0.25) is 0 Å². The minimum absolute atomic E-state index is 0.00835. The highest BCUT2D eigenvalue weighted by molar-refractivity contribution is 9.10. The predicted octanol–water partition coefficient (Wildman–Crippen LogP) is 1.48. The van der Waals surface area contributed by atoms with Gasteiger partial charge in [-0.3, -0.25) is 4.79 Å². The average molecular weight is 364 g/mol. The molecule has 0 saturated carbocycles. The zero-order valence-corrected chi connectivity index (χ0v) is 13.1. The van der Waals surface area contributed by atoms with Gasteiger partial charge in [-0.2, -0.15) is 0 Å². The second-order valence-corrected chi connectivity index (χ2v) is 8.11. The molecule has 0 bridgehead atoms. The highest BCUT2D eigenvalue weighted by Crippen LogP contribution is 2.16. The second kappa shape index (κ2) is 6.32. The molecule has 1 aliphatic rings. The second-order valence-electron chi connectivity index (χ2n) is 4.96. The van der Waals surface area contributed by atoms with E-state index in [-0.39, 0.29) is 36.2 Å². The van der Waals surface area contributed by atoms with Crippen LogP contribution >= 0.6 is 15.9 Å². The Bertz CT molecular complexity index is 598. The highest BCUT2D eigenvalue weighted by atomic mass is 79.9. The molecule has 1 fully saturated rings. The predicted molar refractivity (Wildman–Crippen MR) is 77.9 cm³/mol. The summed E-state index contributed by atoms with van der Waals surface area (Å²) in [7, 11) is -3.05. The van der Waals surface area contributed by atoms with Crippen LogP contribution in [0, 0.1) is 5.82 Å². The summed E-state index contributed by atoms with van der Waals surface area (Å²) >= 11 is 3.17. The van der Waals surface area contributed by atoms with Crippen molar-refractivity contribution >= 4 is 31.6 Å². The van der Waals surface area contributed by atoms with Crippen LogP contribution in [0.4, 0.5) is 4.39 Å². The van der Waals surface area contributed by atoms with Gasteiger partial charge in [0, 0.05) is 29.9 Å². The van der Waals surface area contributed by atoms with E-state index in [9.17, 15) is 17.6 Å². The summed E-state index contributed by atoms with van der Waals surface area (Å²) in [5, 5.41) is 3.03. The smallest absolute Gasteiger partial charge is 0.153 e. The van der Waals surface area contributed by atoms with Crippen molar-refractivity contribution in [3.05, 3.63) is 34.1 Å². The van der Waals surface area contributed by atoms with Gasteiger partial charge in [0.05, 0.1) is 11.5 Å². The van der Waals surface area contributed by atoms with Crippen molar-refractivity contribution in [1.82, 2.24) is 5.32 Å². The van der Waals surface area contributed by atoms with E-state index in [0.29, 0.717) is 16.6 Å². The molecule has 1 aliphatic heterocycles. The minimum atomic E-state index is -3.05. The van der Waals surface area contributed by atoms with Crippen LogP contribution < -0.4 is 5.32 Å². The number of sulfone groups is 1. The molecule has 0 spiro atoms. The molecule has 0 aliphatic carbocycles. The number of carbonyl (C=O) groups excluding carboxylic acids is 1. The molecule has 0 radical (unpaired) electrons. The minimum Gasteiger partial charge on any atom is -0.312 e. The first-order valence-electron chi connectivity index (χ1n) is 6.24. The Hall–Kier alpha value is -0.790. The molecule has 2 rings (SSSR count). The number of hydrogen-bond acceptors (Lipinski definition) is 4. The normalized spacial score (nSPS) is 21.6. The molecule has 4 nitrogen and oxygen atoms in total. The Kier molecular flexibility index (Phi) is 4.93. The summed E-state index contributed by atoms with van der Waals surface area (Å²) in [4.78, 5) is 11.9. The van der Waals surface area contributed by atoms with Crippen LogP contribution in [0.15, 0.2) is 22.7 Å². The van der Waals surface area contributed by atoms with E-state index in [2.05, 4.69) is 21.2 Å². The molecular formula is C13H15BrFNO3S. The molecule has 1 saturated heterocycles. The Morgan fingerprint density at radius 1 is 1.40 bits per heavy atom. The maximum absolute atomic E-state index is 13.2. The van der Waals surface area contributed by atoms with Gasteiger partial charge in [-0.15, -0.1) is 0 Å². The largest absolute Gasteiger partial charge is 0.312 e. The molecule has 1 N–H and O–H groups in total. The molecule has 7 heteroatoms. The van der Waals surface area contributed by atoms with Gasteiger partial charge in [-0.05, 0) is 23.8 Å². The molecule has 1 heterocycles. The Labute approximate surface area is 125 Å². The molecule has 1 aromatic rings. The Morgan fingerprint density at radius 3 is 2.80 bits per heavy atom. The lowest BCUT2D eigenvalue weighted by molar-refractivity contribution is -0.118. The summed E-state index contributed by atoms with van der Waals surface area (Å²) < 4.78 is 36.8. The van der Waals surface area contributed by atoms with Gasteiger partial charge in [-0.25, -0.2) is 12.8 Å². The van der Waals surface area contributed by atoms with Crippen molar-refractivity contribution in [1.29, 1.82) is 0 Å².